The maximum absolute atomic E-state index is 12.9. The standard InChI is InChI=1S/C21H23N3O4/c1-27-17-8-7-14(13-18(17)28-2)20(26)24-11-9-21(10-12-24)22-16-6-4-3-5-15(16)19(25)23-21/h3-8,13,22H,9-12H2,1-2H3,(H,23,25). The summed E-state index contributed by atoms with van der Waals surface area (Å²) in [7, 11) is 3.11. The number of carbonyl (C=O) groups is 2. The van der Waals surface area contributed by atoms with E-state index in [-0.39, 0.29) is 11.8 Å². The summed E-state index contributed by atoms with van der Waals surface area (Å²) in [5.74, 6) is 0.983. The van der Waals surface area contributed by atoms with E-state index < -0.39 is 5.66 Å². The van der Waals surface area contributed by atoms with E-state index >= 15 is 0 Å². The molecule has 1 fully saturated rings. The fourth-order valence-corrected chi connectivity index (χ4v) is 3.86. The van der Waals surface area contributed by atoms with Gasteiger partial charge in [0.2, 0.25) is 0 Å². The van der Waals surface area contributed by atoms with E-state index in [0.717, 1.165) is 5.69 Å². The fourth-order valence-electron chi connectivity index (χ4n) is 3.86. The maximum Gasteiger partial charge on any atom is 0.255 e. The number of rotatable bonds is 3. The normalized spacial score (nSPS) is 17.4. The van der Waals surface area contributed by atoms with Gasteiger partial charge in [0, 0.05) is 37.2 Å². The lowest BCUT2D eigenvalue weighted by atomic mass is 9.92. The molecule has 2 N–H and O–H groups in total. The Morgan fingerprint density at radius 1 is 1.00 bits per heavy atom. The molecule has 2 aromatic carbocycles. The molecule has 0 bridgehead atoms. The zero-order valence-corrected chi connectivity index (χ0v) is 16.0. The van der Waals surface area contributed by atoms with Crippen molar-refractivity contribution in [3.63, 3.8) is 0 Å². The lowest BCUT2D eigenvalue weighted by Crippen LogP contribution is -2.62. The first kappa shape index (κ1) is 18.2. The van der Waals surface area contributed by atoms with Crippen LogP contribution in [0.4, 0.5) is 5.69 Å². The number of carbonyl (C=O) groups excluding carboxylic acids is 2. The van der Waals surface area contributed by atoms with Crippen LogP contribution in [-0.4, -0.2) is 49.7 Å². The molecule has 0 aliphatic carbocycles. The molecule has 0 unspecified atom stereocenters. The van der Waals surface area contributed by atoms with Gasteiger partial charge in [-0.15, -0.1) is 0 Å². The minimum atomic E-state index is -0.514. The third-order valence-corrected chi connectivity index (χ3v) is 5.43. The predicted molar refractivity (Wildman–Crippen MR) is 105 cm³/mol. The molecule has 7 heteroatoms. The molecule has 0 atom stereocenters. The van der Waals surface area contributed by atoms with Crippen molar-refractivity contribution in [3.05, 3.63) is 53.6 Å². The monoisotopic (exact) mass is 381 g/mol. The molecule has 0 saturated carbocycles. The van der Waals surface area contributed by atoms with Gasteiger partial charge in [0.05, 0.1) is 19.8 Å². The Morgan fingerprint density at radius 3 is 2.43 bits per heavy atom. The van der Waals surface area contributed by atoms with Crippen molar-refractivity contribution < 1.29 is 19.1 Å². The van der Waals surface area contributed by atoms with Crippen molar-refractivity contribution in [1.82, 2.24) is 10.2 Å². The SMILES string of the molecule is COc1ccc(C(=O)N2CCC3(CC2)NC(=O)c2ccccc2N3)cc1OC. The number of nitrogens with zero attached hydrogens (tertiary/aromatic N) is 1. The lowest BCUT2D eigenvalue weighted by molar-refractivity contribution is 0.0639. The van der Waals surface area contributed by atoms with Crippen molar-refractivity contribution in [2.24, 2.45) is 0 Å². The van der Waals surface area contributed by atoms with Crippen molar-refractivity contribution in [2.45, 2.75) is 18.5 Å². The maximum atomic E-state index is 12.9. The summed E-state index contributed by atoms with van der Waals surface area (Å²) in [6.45, 7) is 1.09. The third-order valence-electron chi connectivity index (χ3n) is 5.43. The second-order valence-corrected chi connectivity index (χ2v) is 7.07. The average molecular weight is 381 g/mol. The number of piperidine rings is 1. The Balaban J connectivity index is 1.47. The van der Waals surface area contributed by atoms with Crippen LogP contribution in [0.3, 0.4) is 0 Å². The van der Waals surface area contributed by atoms with Crippen LogP contribution in [-0.2, 0) is 0 Å². The van der Waals surface area contributed by atoms with E-state index in [9.17, 15) is 9.59 Å². The van der Waals surface area contributed by atoms with Gasteiger partial charge in [-0.1, -0.05) is 12.1 Å². The molecule has 2 aliphatic heterocycles. The van der Waals surface area contributed by atoms with E-state index in [4.69, 9.17) is 9.47 Å². The molecule has 28 heavy (non-hydrogen) atoms. The molecule has 2 heterocycles. The van der Waals surface area contributed by atoms with Crippen LogP contribution >= 0.6 is 0 Å². The number of hydrogen-bond acceptors (Lipinski definition) is 5. The molecule has 146 valence electrons. The summed E-state index contributed by atoms with van der Waals surface area (Å²) in [5.41, 5.74) is 1.53. The number of amides is 2. The Kier molecular flexibility index (Phi) is 4.58. The van der Waals surface area contributed by atoms with E-state index in [0.29, 0.717) is 48.6 Å². The molecule has 4 rings (SSSR count). The van der Waals surface area contributed by atoms with Gasteiger partial charge in [0.25, 0.3) is 11.8 Å². The molecule has 0 aromatic heterocycles. The fraction of sp³-hybridized carbons (Fsp3) is 0.333. The van der Waals surface area contributed by atoms with Gasteiger partial charge < -0.3 is 25.0 Å². The number of nitrogens with one attached hydrogen (secondary N) is 2. The van der Waals surface area contributed by atoms with Gasteiger partial charge in [-0.2, -0.15) is 0 Å². The number of fused-ring (bicyclic) bond motifs is 1. The van der Waals surface area contributed by atoms with E-state index in [1.54, 1.807) is 43.4 Å². The van der Waals surface area contributed by atoms with Crippen LogP contribution in [0.1, 0.15) is 33.6 Å². The van der Waals surface area contributed by atoms with Crippen molar-refractivity contribution >= 4 is 17.5 Å². The van der Waals surface area contributed by atoms with Gasteiger partial charge in [-0.25, -0.2) is 0 Å². The Hall–Kier alpha value is -3.22. The Morgan fingerprint density at radius 2 is 1.71 bits per heavy atom. The van der Waals surface area contributed by atoms with Gasteiger partial charge >= 0.3 is 0 Å². The largest absolute Gasteiger partial charge is 0.493 e. The Bertz CT molecular complexity index is 920. The second kappa shape index (κ2) is 7.07. The van der Waals surface area contributed by atoms with Gasteiger partial charge in [0.15, 0.2) is 11.5 Å². The van der Waals surface area contributed by atoms with Gasteiger partial charge in [0.1, 0.15) is 5.66 Å². The van der Waals surface area contributed by atoms with Gasteiger partial charge in [-0.05, 0) is 30.3 Å². The summed E-state index contributed by atoms with van der Waals surface area (Å²) in [6, 6.07) is 12.7. The highest BCUT2D eigenvalue weighted by molar-refractivity contribution is 6.02. The number of anilines is 1. The van der Waals surface area contributed by atoms with Gasteiger partial charge in [-0.3, -0.25) is 9.59 Å². The van der Waals surface area contributed by atoms with Crippen LogP contribution in [0.15, 0.2) is 42.5 Å². The van der Waals surface area contributed by atoms with Crippen molar-refractivity contribution in [1.29, 1.82) is 0 Å². The lowest BCUT2D eigenvalue weighted by Gasteiger charge is -2.45. The first-order valence-electron chi connectivity index (χ1n) is 9.26. The zero-order valence-electron chi connectivity index (χ0n) is 16.0. The Labute approximate surface area is 163 Å². The van der Waals surface area contributed by atoms with Crippen LogP contribution in [0.2, 0.25) is 0 Å². The van der Waals surface area contributed by atoms with Crippen LogP contribution in [0.25, 0.3) is 0 Å². The second-order valence-electron chi connectivity index (χ2n) is 7.07. The highest BCUT2D eigenvalue weighted by atomic mass is 16.5. The smallest absolute Gasteiger partial charge is 0.255 e. The summed E-state index contributed by atoms with van der Waals surface area (Å²) < 4.78 is 10.5. The number of likely N-dealkylation sites (tertiary alicyclic amines) is 1. The molecule has 2 aliphatic rings. The minimum absolute atomic E-state index is 0.0571. The molecule has 7 nitrogen and oxygen atoms in total. The summed E-state index contributed by atoms with van der Waals surface area (Å²) in [5, 5.41) is 6.56. The zero-order chi connectivity index (χ0) is 19.7. The van der Waals surface area contributed by atoms with Crippen LogP contribution in [0, 0.1) is 0 Å². The highest BCUT2D eigenvalue weighted by Gasteiger charge is 2.41. The van der Waals surface area contributed by atoms with E-state index in [1.807, 2.05) is 18.2 Å². The predicted octanol–water partition coefficient (Wildman–Crippen LogP) is 2.49. The number of para-hydroxylation sites is 1. The number of ether oxygens (including phenoxy) is 2. The molecular weight excluding hydrogens is 358 g/mol. The molecule has 0 radical (unpaired) electrons. The minimum Gasteiger partial charge on any atom is -0.493 e. The number of benzene rings is 2. The summed E-state index contributed by atoms with van der Waals surface area (Å²) >= 11 is 0. The highest BCUT2D eigenvalue weighted by Crippen LogP contribution is 2.32. The molecule has 2 aromatic rings. The van der Waals surface area contributed by atoms with E-state index in [1.165, 1.54) is 0 Å². The number of hydrogen-bond donors (Lipinski definition) is 2. The topological polar surface area (TPSA) is 79.9 Å². The quantitative estimate of drug-likeness (QED) is 0.854. The molecule has 1 saturated heterocycles. The third kappa shape index (κ3) is 3.13. The molecule has 2 amide bonds. The van der Waals surface area contributed by atoms with Crippen LogP contribution in [0.5, 0.6) is 11.5 Å². The summed E-state index contributed by atoms with van der Waals surface area (Å²) in [4.78, 5) is 27.2. The molecule has 1 spiro atoms. The average Bonchev–Trinajstić information content (AvgIpc) is 2.73. The summed E-state index contributed by atoms with van der Waals surface area (Å²) in [6.07, 6.45) is 1.26. The molecular formula is C21H23N3O4. The van der Waals surface area contributed by atoms with Crippen LogP contribution < -0.4 is 20.1 Å². The van der Waals surface area contributed by atoms with Crippen molar-refractivity contribution in [2.75, 3.05) is 32.6 Å². The number of methoxy groups -OCH3 is 2. The first-order chi connectivity index (χ1) is 13.5. The first-order valence-corrected chi connectivity index (χ1v) is 9.26. The van der Waals surface area contributed by atoms with E-state index in [2.05, 4.69) is 10.6 Å². The van der Waals surface area contributed by atoms with Crippen molar-refractivity contribution in [3.8, 4) is 11.5 Å².